The Balaban J connectivity index is 2.38. The van der Waals surface area contributed by atoms with Gasteiger partial charge in [0, 0.05) is 19.0 Å². The lowest BCUT2D eigenvalue weighted by Crippen LogP contribution is -2.26. The fraction of sp³-hybridized carbons (Fsp3) is 0.357. The smallest absolute Gasteiger partial charge is 0.321 e. The Bertz CT molecular complexity index is 981. The molecule has 122 valence electrons. The van der Waals surface area contributed by atoms with Crippen molar-refractivity contribution in [3.05, 3.63) is 32.0 Å². The highest BCUT2D eigenvalue weighted by Gasteiger charge is 2.35. The zero-order chi connectivity index (χ0) is 17.1. The van der Waals surface area contributed by atoms with E-state index in [2.05, 4.69) is 9.97 Å². The third-order valence-electron chi connectivity index (χ3n) is 3.67. The summed E-state index contributed by atoms with van der Waals surface area (Å²) in [5, 5.41) is 0.827. The molecule has 5 nitrogen and oxygen atoms in total. The van der Waals surface area contributed by atoms with Gasteiger partial charge in [0.2, 0.25) is 0 Å². The number of fused-ring (bicyclic) bond motifs is 1. The van der Waals surface area contributed by atoms with E-state index in [4.69, 9.17) is 0 Å². The molecule has 0 N–H and O–H groups in total. The molecule has 3 aromatic rings. The molecule has 9 heteroatoms. The van der Waals surface area contributed by atoms with Crippen LogP contribution in [0.15, 0.2) is 10.9 Å². The Morgan fingerprint density at radius 2 is 1.78 bits per heavy atom. The van der Waals surface area contributed by atoms with E-state index in [9.17, 15) is 18.0 Å². The van der Waals surface area contributed by atoms with Crippen LogP contribution >= 0.6 is 11.3 Å². The van der Waals surface area contributed by atoms with Crippen molar-refractivity contribution in [2.45, 2.75) is 20.0 Å². The molecule has 0 saturated heterocycles. The maximum atomic E-state index is 13.0. The van der Waals surface area contributed by atoms with Crippen molar-refractivity contribution in [1.29, 1.82) is 0 Å². The highest BCUT2D eigenvalue weighted by atomic mass is 32.1. The number of nitrogens with zero attached hydrogens (tertiary/aromatic N) is 4. The van der Waals surface area contributed by atoms with Gasteiger partial charge >= 0.3 is 6.18 Å². The van der Waals surface area contributed by atoms with Gasteiger partial charge in [0.25, 0.3) is 5.56 Å². The molecule has 0 aromatic carbocycles. The van der Waals surface area contributed by atoms with Crippen molar-refractivity contribution in [3.8, 4) is 11.5 Å². The van der Waals surface area contributed by atoms with Gasteiger partial charge < -0.3 is 9.13 Å². The van der Waals surface area contributed by atoms with E-state index < -0.39 is 17.4 Å². The predicted octanol–water partition coefficient (Wildman–Crippen LogP) is 3.03. The van der Waals surface area contributed by atoms with E-state index in [1.165, 1.54) is 15.9 Å². The second-order valence-electron chi connectivity index (χ2n) is 5.26. The molecule has 0 amide bonds. The highest BCUT2D eigenvalue weighted by Crippen LogP contribution is 2.32. The number of alkyl halides is 3. The summed E-state index contributed by atoms with van der Waals surface area (Å²) in [5.41, 5.74) is -1.03. The second-order valence-corrected chi connectivity index (χ2v) is 6.66. The third-order valence-corrected chi connectivity index (χ3v) is 4.56. The molecule has 0 spiro atoms. The maximum Gasteiger partial charge on any atom is 0.431 e. The summed E-state index contributed by atoms with van der Waals surface area (Å²) in [7, 11) is 2.71. The molecular formula is C14H13F3N4OS. The zero-order valence-electron chi connectivity index (χ0n) is 12.8. The van der Waals surface area contributed by atoms with Crippen LogP contribution in [-0.4, -0.2) is 19.1 Å². The molecule has 23 heavy (non-hydrogen) atoms. The van der Waals surface area contributed by atoms with Crippen LogP contribution < -0.4 is 5.56 Å². The molecule has 0 fully saturated rings. The lowest BCUT2D eigenvalue weighted by atomic mass is 10.3. The van der Waals surface area contributed by atoms with E-state index in [1.807, 2.05) is 13.8 Å². The van der Waals surface area contributed by atoms with Gasteiger partial charge in [-0.1, -0.05) is 0 Å². The van der Waals surface area contributed by atoms with Crippen molar-refractivity contribution < 1.29 is 13.2 Å². The lowest BCUT2D eigenvalue weighted by Gasteiger charge is -2.11. The number of halogens is 3. The number of pyridine rings is 1. The minimum absolute atomic E-state index is 0.0166. The molecule has 0 saturated carbocycles. The van der Waals surface area contributed by atoms with Gasteiger partial charge in [-0.15, -0.1) is 11.3 Å². The minimum Gasteiger partial charge on any atom is -0.321 e. The first kappa shape index (κ1) is 15.7. The first-order valence-electron chi connectivity index (χ1n) is 6.69. The van der Waals surface area contributed by atoms with Crippen LogP contribution in [0.5, 0.6) is 0 Å². The van der Waals surface area contributed by atoms with Gasteiger partial charge in [0.05, 0.1) is 10.5 Å². The molecule has 0 atom stereocenters. The molecule has 0 bridgehead atoms. The summed E-state index contributed by atoms with van der Waals surface area (Å²) in [6.07, 6.45) is -4.62. The van der Waals surface area contributed by atoms with Crippen LogP contribution in [-0.2, 0) is 20.3 Å². The van der Waals surface area contributed by atoms with Crippen molar-refractivity contribution in [2.75, 3.05) is 0 Å². The van der Waals surface area contributed by atoms with Crippen LogP contribution in [0.3, 0.4) is 0 Å². The molecule has 3 aromatic heterocycles. The molecule has 0 aliphatic rings. The van der Waals surface area contributed by atoms with Crippen molar-refractivity contribution in [3.63, 3.8) is 0 Å². The Labute approximate surface area is 133 Å². The maximum absolute atomic E-state index is 13.0. The SMILES string of the molecule is Cc1nc(-c2nc3cc(C(F)(F)F)n(C)c(=O)c3n2C)c(C)s1. The fourth-order valence-corrected chi connectivity index (χ4v) is 3.40. The van der Waals surface area contributed by atoms with Crippen molar-refractivity contribution in [2.24, 2.45) is 14.1 Å². The summed E-state index contributed by atoms with van der Waals surface area (Å²) in [6, 6.07) is 0.898. The van der Waals surface area contributed by atoms with E-state index in [1.54, 1.807) is 7.05 Å². The third kappa shape index (κ3) is 2.35. The molecule has 0 aliphatic carbocycles. The summed E-state index contributed by atoms with van der Waals surface area (Å²) in [4.78, 5) is 21.8. The van der Waals surface area contributed by atoms with Gasteiger partial charge in [-0.05, 0) is 19.9 Å². The van der Waals surface area contributed by atoms with Crippen LogP contribution in [0.4, 0.5) is 13.2 Å². The average Bonchev–Trinajstić information content (AvgIpc) is 2.92. The molecule has 0 radical (unpaired) electrons. The fourth-order valence-electron chi connectivity index (χ4n) is 2.59. The van der Waals surface area contributed by atoms with Crippen molar-refractivity contribution in [1.82, 2.24) is 19.1 Å². The van der Waals surface area contributed by atoms with E-state index in [0.29, 0.717) is 16.1 Å². The van der Waals surface area contributed by atoms with Crippen LogP contribution in [0.2, 0.25) is 0 Å². The van der Waals surface area contributed by atoms with Gasteiger partial charge in [-0.2, -0.15) is 13.2 Å². The number of hydrogen-bond acceptors (Lipinski definition) is 4. The molecule has 0 aliphatic heterocycles. The quantitative estimate of drug-likeness (QED) is 0.683. The topological polar surface area (TPSA) is 52.7 Å². The predicted molar refractivity (Wildman–Crippen MR) is 81.5 cm³/mol. The van der Waals surface area contributed by atoms with Gasteiger partial charge in [0.15, 0.2) is 5.82 Å². The minimum atomic E-state index is -4.62. The van der Waals surface area contributed by atoms with Crippen LogP contribution in [0.25, 0.3) is 22.6 Å². The van der Waals surface area contributed by atoms with Crippen LogP contribution in [0, 0.1) is 13.8 Å². The summed E-state index contributed by atoms with van der Waals surface area (Å²) in [6.45, 7) is 3.70. The molecular weight excluding hydrogens is 329 g/mol. The summed E-state index contributed by atoms with van der Waals surface area (Å²) >= 11 is 1.47. The number of aromatic nitrogens is 4. The van der Waals surface area contributed by atoms with E-state index in [-0.39, 0.29) is 11.0 Å². The van der Waals surface area contributed by atoms with E-state index >= 15 is 0 Å². The standard InChI is InChI=1S/C14H13F3N4OS/c1-6-10(18-7(2)23-6)12-19-8-5-9(14(15,16)17)20(3)13(22)11(8)21(12)4/h5H,1-4H3. The Morgan fingerprint density at radius 1 is 1.13 bits per heavy atom. The Morgan fingerprint density at radius 3 is 2.30 bits per heavy atom. The van der Waals surface area contributed by atoms with E-state index in [0.717, 1.165) is 23.0 Å². The second kappa shape index (κ2) is 4.92. The number of aryl methyl sites for hydroxylation is 3. The first-order chi connectivity index (χ1) is 10.6. The molecule has 0 unspecified atom stereocenters. The Hall–Kier alpha value is -2.16. The summed E-state index contributed by atoms with van der Waals surface area (Å²) < 4.78 is 41.3. The van der Waals surface area contributed by atoms with Gasteiger partial charge in [-0.3, -0.25) is 4.79 Å². The number of hydrogen-bond donors (Lipinski definition) is 0. The first-order valence-corrected chi connectivity index (χ1v) is 7.51. The average molecular weight is 342 g/mol. The highest BCUT2D eigenvalue weighted by molar-refractivity contribution is 7.11. The zero-order valence-corrected chi connectivity index (χ0v) is 13.6. The normalized spacial score (nSPS) is 12.3. The lowest BCUT2D eigenvalue weighted by molar-refractivity contribution is -0.143. The van der Waals surface area contributed by atoms with Gasteiger partial charge in [-0.25, -0.2) is 9.97 Å². The van der Waals surface area contributed by atoms with Crippen LogP contribution in [0.1, 0.15) is 15.6 Å². The molecule has 3 rings (SSSR count). The number of thiazole rings is 1. The Kier molecular flexibility index (Phi) is 3.36. The largest absolute Gasteiger partial charge is 0.431 e. The summed E-state index contributed by atoms with van der Waals surface area (Å²) in [5.74, 6) is 0.387. The van der Waals surface area contributed by atoms with Gasteiger partial charge in [0.1, 0.15) is 16.9 Å². The number of rotatable bonds is 1. The number of imidazole rings is 1. The van der Waals surface area contributed by atoms with Crippen molar-refractivity contribution >= 4 is 22.4 Å². The monoisotopic (exact) mass is 342 g/mol. The molecule has 3 heterocycles.